The van der Waals surface area contributed by atoms with Crippen LogP contribution < -0.4 is 28.3 Å². The van der Waals surface area contributed by atoms with E-state index in [4.69, 9.17) is 4.74 Å². The third-order valence-electron chi connectivity index (χ3n) is 4.87. The molecule has 3 aromatic rings. The maximum absolute atomic E-state index is 6.42. The molecule has 0 saturated carbocycles. The molecular weight excluding hydrogens is 399 g/mol. The van der Waals surface area contributed by atoms with Crippen molar-refractivity contribution in [2.75, 3.05) is 13.0 Å². The van der Waals surface area contributed by atoms with Crippen molar-refractivity contribution in [2.45, 2.75) is 25.7 Å². The van der Waals surface area contributed by atoms with E-state index in [0.717, 1.165) is 13.0 Å². The van der Waals surface area contributed by atoms with Gasteiger partial charge in [-0.25, -0.2) is 0 Å². The predicted octanol–water partition coefficient (Wildman–Crippen LogP) is 2.30. The van der Waals surface area contributed by atoms with Gasteiger partial charge in [0, 0.05) is 14.7 Å². The molecular formula is C24H30ClOPSi. The van der Waals surface area contributed by atoms with Crippen molar-refractivity contribution in [3.63, 3.8) is 0 Å². The molecule has 0 bridgehead atoms. The summed E-state index contributed by atoms with van der Waals surface area (Å²) in [6.45, 7) is 8.07. The summed E-state index contributed by atoms with van der Waals surface area (Å²) in [6.07, 6.45) is 0.759. The minimum atomic E-state index is -1.84. The first-order valence-electron chi connectivity index (χ1n) is 9.65. The zero-order chi connectivity index (χ0) is 19.2. The molecule has 4 heteroatoms. The number of hydrogen-bond acceptors (Lipinski definition) is 1. The van der Waals surface area contributed by atoms with E-state index in [9.17, 15) is 0 Å². The van der Waals surface area contributed by atoms with Crippen molar-refractivity contribution >= 4 is 31.2 Å². The van der Waals surface area contributed by atoms with Gasteiger partial charge in [0.15, 0.2) is 6.35 Å². The monoisotopic (exact) mass is 428 g/mol. The fourth-order valence-corrected chi connectivity index (χ4v) is 7.84. The summed E-state index contributed by atoms with van der Waals surface area (Å²) in [7, 11) is -2.95. The van der Waals surface area contributed by atoms with E-state index < -0.39 is 15.3 Å². The van der Waals surface area contributed by atoms with Crippen molar-refractivity contribution in [2.24, 2.45) is 0 Å². The summed E-state index contributed by atoms with van der Waals surface area (Å²) in [5, 5.41) is 4.15. The molecule has 0 fully saturated rings. The maximum Gasteiger partial charge on any atom is 0.171 e. The molecule has 0 aliphatic rings. The molecule has 0 spiro atoms. The molecule has 0 saturated heterocycles. The molecule has 0 atom stereocenters. The third kappa shape index (κ3) is 5.55. The van der Waals surface area contributed by atoms with Crippen LogP contribution in [0, 0.1) is 0 Å². The van der Waals surface area contributed by atoms with Gasteiger partial charge in [-0.05, 0) is 42.4 Å². The Kier molecular flexibility index (Phi) is 8.46. The van der Waals surface area contributed by atoms with Crippen LogP contribution in [-0.2, 0) is 4.74 Å². The first-order chi connectivity index (χ1) is 13.0. The van der Waals surface area contributed by atoms with Crippen LogP contribution in [0.3, 0.4) is 0 Å². The first-order valence-corrected chi connectivity index (χ1v) is 15.3. The minimum Gasteiger partial charge on any atom is -1.00 e. The molecule has 3 aromatic carbocycles. The van der Waals surface area contributed by atoms with Gasteiger partial charge in [0.05, 0.1) is 0 Å². The molecule has 148 valence electrons. The van der Waals surface area contributed by atoms with Gasteiger partial charge in [0.1, 0.15) is 23.2 Å². The molecule has 0 N–H and O–H groups in total. The fraction of sp³-hybridized carbons (Fsp3) is 0.250. The number of ether oxygens (including phenoxy) is 1. The van der Waals surface area contributed by atoms with E-state index in [2.05, 4.69) is 111 Å². The zero-order valence-electron chi connectivity index (χ0n) is 17.0. The average molecular weight is 429 g/mol. The lowest BCUT2D eigenvalue weighted by molar-refractivity contribution is -0.00000614. The van der Waals surface area contributed by atoms with Gasteiger partial charge in [-0.3, -0.25) is 0 Å². The Hall–Kier alpha value is -1.44. The van der Waals surface area contributed by atoms with Gasteiger partial charge in [-0.2, -0.15) is 0 Å². The fourth-order valence-electron chi connectivity index (χ4n) is 3.30. The lowest BCUT2D eigenvalue weighted by Crippen LogP contribution is -3.00. The van der Waals surface area contributed by atoms with Crippen molar-refractivity contribution in [1.29, 1.82) is 0 Å². The summed E-state index contributed by atoms with van der Waals surface area (Å²) in [5.74, 6) is 0. The molecule has 0 radical (unpaired) electrons. The second-order valence-corrected chi connectivity index (χ2v) is 17.2. The lowest BCUT2D eigenvalue weighted by atomic mass is 10.4. The topological polar surface area (TPSA) is 9.23 Å². The Labute approximate surface area is 177 Å². The predicted molar refractivity (Wildman–Crippen MR) is 124 cm³/mol. The van der Waals surface area contributed by atoms with Crippen LogP contribution in [0.15, 0.2) is 91.0 Å². The smallest absolute Gasteiger partial charge is 0.171 e. The number of rotatable bonds is 8. The molecule has 0 unspecified atom stereocenters. The summed E-state index contributed by atoms with van der Waals surface area (Å²) in [6, 6.07) is 34.0. The van der Waals surface area contributed by atoms with E-state index in [1.807, 2.05) is 0 Å². The van der Waals surface area contributed by atoms with Gasteiger partial charge in [0.25, 0.3) is 0 Å². The highest BCUT2D eigenvalue weighted by molar-refractivity contribution is 7.95. The highest BCUT2D eigenvalue weighted by Gasteiger charge is 2.45. The minimum absolute atomic E-state index is 0. The highest BCUT2D eigenvalue weighted by atomic mass is 35.5. The van der Waals surface area contributed by atoms with Crippen molar-refractivity contribution in [1.82, 2.24) is 0 Å². The molecule has 28 heavy (non-hydrogen) atoms. The van der Waals surface area contributed by atoms with E-state index in [0.29, 0.717) is 0 Å². The average Bonchev–Trinajstić information content (AvgIpc) is 2.70. The van der Waals surface area contributed by atoms with E-state index in [1.54, 1.807) is 0 Å². The number of hydrogen-bond donors (Lipinski definition) is 0. The van der Waals surface area contributed by atoms with Crippen LogP contribution in [-0.4, -0.2) is 21.0 Å². The largest absolute Gasteiger partial charge is 1.00 e. The maximum atomic E-state index is 6.42. The van der Waals surface area contributed by atoms with Crippen LogP contribution in [0.25, 0.3) is 0 Å². The molecule has 1 nitrogen and oxygen atoms in total. The van der Waals surface area contributed by atoms with Crippen LogP contribution in [0.5, 0.6) is 0 Å². The Bertz CT molecular complexity index is 723. The van der Waals surface area contributed by atoms with Crippen LogP contribution in [0.4, 0.5) is 0 Å². The molecule has 0 heterocycles. The van der Waals surface area contributed by atoms with Gasteiger partial charge < -0.3 is 17.1 Å². The second-order valence-electron chi connectivity index (χ2n) is 8.16. The summed E-state index contributed by atoms with van der Waals surface area (Å²) < 4.78 is 6.42. The Morgan fingerprint density at radius 2 is 1.00 bits per heavy atom. The van der Waals surface area contributed by atoms with Crippen LogP contribution in [0.2, 0.25) is 25.7 Å². The Balaban J connectivity index is 0.00000280. The molecule has 0 aromatic heterocycles. The molecule has 3 rings (SSSR count). The summed E-state index contributed by atoms with van der Waals surface area (Å²) in [5.41, 5.74) is 0. The Morgan fingerprint density at radius 1 is 0.643 bits per heavy atom. The second kappa shape index (κ2) is 10.4. The summed E-state index contributed by atoms with van der Waals surface area (Å²) in [4.78, 5) is 0. The Morgan fingerprint density at radius 3 is 1.32 bits per heavy atom. The zero-order valence-corrected chi connectivity index (χ0v) is 19.7. The van der Waals surface area contributed by atoms with Gasteiger partial charge in [-0.1, -0.05) is 74.2 Å². The molecule has 0 aliphatic heterocycles. The number of halogens is 1. The van der Waals surface area contributed by atoms with E-state index in [-0.39, 0.29) is 12.4 Å². The van der Waals surface area contributed by atoms with Gasteiger partial charge in [0.2, 0.25) is 0 Å². The third-order valence-corrected chi connectivity index (χ3v) is 10.7. The molecule has 0 aliphatic carbocycles. The normalized spacial score (nSPS) is 11.7. The van der Waals surface area contributed by atoms with Gasteiger partial charge in [-0.15, -0.1) is 0 Å². The first kappa shape index (κ1) is 22.8. The van der Waals surface area contributed by atoms with Gasteiger partial charge >= 0.3 is 0 Å². The van der Waals surface area contributed by atoms with E-state index >= 15 is 0 Å². The quantitative estimate of drug-likeness (QED) is 0.304. The number of benzene rings is 3. The molecule has 0 amide bonds. The van der Waals surface area contributed by atoms with E-state index in [1.165, 1.54) is 22.0 Å². The van der Waals surface area contributed by atoms with Crippen LogP contribution >= 0.6 is 7.26 Å². The highest BCUT2D eigenvalue weighted by Crippen LogP contribution is 2.55. The SMILES string of the molecule is C[Si](C)(C)CCOC[P+](c1ccccc1)(c1ccccc1)c1ccccc1.[Cl-]. The van der Waals surface area contributed by atoms with Crippen molar-refractivity contribution in [3.8, 4) is 0 Å². The lowest BCUT2D eigenvalue weighted by Gasteiger charge is -2.27. The summed E-state index contributed by atoms with van der Waals surface area (Å²) >= 11 is 0. The van der Waals surface area contributed by atoms with Crippen molar-refractivity contribution < 1.29 is 17.1 Å². The van der Waals surface area contributed by atoms with Crippen molar-refractivity contribution in [3.05, 3.63) is 91.0 Å². The standard InChI is InChI=1S/C24H30OPSi.ClH/c1-27(2,3)20-19-25-21-26(22-13-7-4-8-14-22,23-15-9-5-10-16-23)24-17-11-6-12-18-24;/h4-18H,19-21H2,1-3H3;1H/q+1;/p-1. The van der Waals surface area contributed by atoms with Crippen LogP contribution in [0.1, 0.15) is 0 Å².